The molecule has 2 heterocycles. The second kappa shape index (κ2) is 11.8. The lowest BCUT2D eigenvalue weighted by Crippen LogP contribution is -2.49. The third-order valence-corrected chi connectivity index (χ3v) is 6.98. The average molecular weight is 502 g/mol. The van der Waals surface area contributed by atoms with Crippen molar-refractivity contribution in [3.63, 3.8) is 0 Å². The van der Waals surface area contributed by atoms with Crippen molar-refractivity contribution in [3.8, 4) is 0 Å². The molecule has 0 spiro atoms. The predicted octanol–water partition coefficient (Wildman–Crippen LogP) is 4.80. The molecule has 0 aromatic heterocycles. The van der Waals surface area contributed by atoms with Gasteiger partial charge in [-0.2, -0.15) is 0 Å². The molecule has 2 aromatic rings. The van der Waals surface area contributed by atoms with Gasteiger partial charge in [0.15, 0.2) is 0 Å². The molecule has 2 aliphatic heterocycles. The Morgan fingerprint density at radius 2 is 1.91 bits per heavy atom. The van der Waals surface area contributed by atoms with E-state index in [1.807, 2.05) is 36.4 Å². The molecule has 2 fully saturated rings. The Hall–Kier alpha value is -2.41. The van der Waals surface area contributed by atoms with Crippen LogP contribution < -0.4 is 15.5 Å². The third-order valence-electron chi connectivity index (χ3n) is 6.39. The van der Waals surface area contributed by atoms with Crippen LogP contribution in [0.3, 0.4) is 0 Å². The molecule has 4 rings (SSSR count). The summed E-state index contributed by atoms with van der Waals surface area (Å²) in [4.78, 5) is 18.3. The number of likely N-dealkylation sites (tertiary alicyclic amines) is 1. The summed E-state index contributed by atoms with van der Waals surface area (Å²) in [5, 5.41) is 8.38. The summed E-state index contributed by atoms with van der Waals surface area (Å²) >= 11 is 12.3. The van der Waals surface area contributed by atoms with Crippen molar-refractivity contribution >= 4 is 41.0 Å². The summed E-state index contributed by atoms with van der Waals surface area (Å²) < 4.78 is 0. The number of piperazine rings is 1. The normalized spacial score (nSPS) is 18.8. The zero-order chi connectivity index (χ0) is 23.9. The van der Waals surface area contributed by atoms with Crippen LogP contribution in [0.1, 0.15) is 25.3 Å². The second-order valence-electron chi connectivity index (χ2n) is 9.02. The fraction of sp³-hybridized carbons (Fsp3) is 0.423. The first kappa shape index (κ1) is 24.7. The molecule has 1 atom stereocenters. The van der Waals surface area contributed by atoms with Gasteiger partial charge in [-0.25, -0.2) is 0 Å². The van der Waals surface area contributed by atoms with Gasteiger partial charge in [0.1, 0.15) is 5.82 Å². The topological polar surface area (TPSA) is 50.9 Å². The van der Waals surface area contributed by atoms with Crippen molar-refractivity contribution in [2.75, 3.05) is 49.5 Å². The summed E-state index contributed by atoms with van der Waals surface area (Å²) in [6.07, 6.45) is 6.29. The van der Waals surface area contributed by atoms with E-state index in [4.69, 9.17) is 23.2 Å². The Balaban J connectivity index is 1.43. The Bertz CT molecular complexity index is 991. The number of benzene rings is 2. The predicted molar refractivity (Wildman–Crippen MR) is 142 cm³/mol. The molecule has 1 amide bonds. The number of hydrogen-bond donors (Lipinski definition) is 2. The van der Waals surface area contributed by atoms with Gasteiger partial charge in [0.05, 0.1) is 0 Å². The Labute approximate surface area is 212 Å². The molecular formula is C26H33Cl2N5O. The summed E-state index contributed by atoms with van der Waals surface area (Å²) in [7, 11) is 0. The van der Waals surface area contributed by atoms with Crippen molar-refractivity contribution in [1.29, 1.82) is 0 Å². The van der Waals surface area contributed by atoms with Gasteiger partial charge < -0.3 is 25.3 Å². The maximum atomic E-state index is 11.8. The number of rotatable bonds is 9. The molecule has 2 N–H and O–H groups in total. The van der Waals surface area contributed by atoms with Crippen molar-refractivity contribution in [2.24, 2.45) is 0 Å². The summed E-state index contributed by atoms with van der Waals surface area (Å²) in [5.74, 6) is 1.13. The zero-order valence-electron chi connectivity index (χ0n) is 19.6. The van der Waals surface area contributed by atoms with Crippen LogP contribution in [-0.2, 0) is 11.2 Å². The standard InChI is InChI=1S/C26H33Cl2N5O/c1-20-17-32(15-11-29-20)26(18-31-12-2-3-13-31)30-23-6-8-24(9-7-23)33(19-34)14-10-21-4-5-22(27)16-25(21)28/h4-9,16,18-20,29-30H,2-3,10-15,17H2,1H3/b26-18-/t20-/m0/s1. The van der Waals surface area contributed by atoms with Gasteiger partial charge in [-0.1, -0.05) is 29.3 Å². The molecule has 0 unspecified atom stereocenters. The minimum absolute atomic E-state index is 0.454. The van der Waals surface area contributed by atoms with Crippen molar-refractivity contribution < 1.29 is 4.79 Å². The van der Waals surface area contributed by atoms with E-state index in [9.17, 15) is 4.79 Å². The van der Waals surface area contributed by atoms with Gasteiger partial charge in [0.25, 0.3) is 0 Å². The van der Waals surface area contributed by atoms with Crippen LogP contribution >= 0.6 is 23.2 Å². The monoisotopic (exact) mass is 501 g/mol. The molecule has 0 saturated carbocycles. The fourth-order valence-corrected chi connectivity index (χ4v) is 4.98. The molecule has 0 bridgehead atoms. The number of amides is 1. The molecule has 2 saturated heterocycles. The van der Waals surface area contributed by atoms with Crippen LogP contribution in [0.15, 0.2) is 54.5 Å². The van der Waals surface area contributed by atoms with E-state index in [2.05, 4.69) is 33.6 Å². The smallest absolute Gasteiger partial charge is 0.214 e. The van der Waals surface area contributed by atoms with Gasteiger partial charge in [0.2, 0.25) is 6.41 Å². The molecule has 0 radical (unpaired) electrons. The molecule has 2 aromatic carbocycles. The highest BCUT2D eigenvalue weighted by atomic mass is 35.5. The Morgan fingerprint density at radius 3 is 2.59 bits per heavy atom. The van der Waals surface area contributed by atoms with Crippen molar-refractivity contribution in [1.82, 2.24) is 15.1 Å². The van der Waals surface area contributed by atoms with Crippen LogP contribution in [-0.4, -0.2) is 61.5 Å². The van der Waals surface area contributed by atoms with E-state index in [0.29, 0.717) is 29.1 Å². The molecule has 34 heavy (non-hydrogen) atoms. The Morgan fingerprint density at radius 1 is 1.15 bits per heavy atom. The van der Waals surface area contributed by atoms with Crippen LogP contribution in [0.5, 0.6) is 0 Å². The summed E-state index contributed by atoms with van der Waals surface area (Å²) in [6.45, 7) is 7.90. The number of hydrogen-bond acceptors (Lipinski definition) is 5. The summed E-state index contributed by atoms with van der Waals surface area (Å²) in [5.41, 5.74) is 2.83. The maximum absolute atomic E-state index is 11.8. The lowest BCUT2D eigenvalue weighted by Gasteiger charge is -2.36. The molecule has 8 heteroatoms. The van der Waals surface area contributed by atoms with E-state index < -0.39 is 0 Å². The van der Waals surface area contributed by atoms with Gasteiger partial charge in [-0.15, -0.1) is 0 Å². The molecule has 2 aliphatic rings. The van der Waals surface area contributed by atoms with Gasteiger partial charge in [-0.05, 0) is 68.1 Å². The number of carbonyl (C=O) groups is 1. The third kappa shape index (κ3) is 6.59. The molecule has 0 aliphatic carbocycles. The molecular weight excluding hydrogens is 469 g/mol. The fourth-order valence-electron chi connectivity index (χ4n) is 4.48. The van der Waals surface area contributed by atoms with Crippen LogP contribution in [0.2, 0.25) is 10.0 Å². The molecule has 6 nitrogen and oxygen atoms in total. The number of nitrogens with one attached hydrogen (secondary N) is 2. The SMILES string of the molecule is C[C@H]1CN(/C(=C\N2CCCC2)Nc2ccc(N(C=O)CCc3ccc(Cl)cc3Cl)cc2)CCN1. The summed E-state index contributed by atoms with van der Waals surface area (Å²) in [6, 6.07) is 13.9. The lowest BCUT2D eigenvalue weighted by atomic mass is 10.1. The van der Waals surface area contributed by atoms with Gasteiger partial charge in [-0.3, -0.25) is 4.79 Å². The number of anilines is 2. The number of carbonyl (C=O) groups excluding carboxylic acids is 1. The van der Waals surface area contributed by atoms with Gasteiger partial charge >= 0.3 is 0 Å². The average Bonchev–Trinajstić information content (AvgIpc) is 3.34. The highest BCUT2D eigenvalue weighted by Gasteiger charge is 2.20. The van der Waals surface area contributed by atoms with Crippen LogP contribution in [0, 0.1) is 0 Å². The first-order valence-electron chi connectivity index (χ1n) is 12.0. The first-order chi connectivity index (χ1) is 16.5. The Kier molecular flexibility index (Phi) is 8.59. The largest absolute Gasteiger partial charge is 0.374 e. The minimum Gasteiger partial charge on any atom is -0.374 e. The maximum Gasteiger partial charge on any atom is 0.214 e. The second-order valence-corrected chi connectivity index (χ2v) is 9.86. The van der Waals surface area contributed by atoms with E-state index in [1.165, 1.54) is 12.8 Å². The van der Waals surface area contributed by atoms with Crippen LogP contribution in [0.4, 0.5) is 11.4 Å². The number of nitrogens with zero attached hydrogens (tertiary/aromatic N) is 3. The molecule has 182 valence electrons. The van der Waals surface area contributed by atoms with E-state index in [-0.39, 0.29) is 0 Å². The quantitative estimate of drug-likeness (QED) is 0.483. The van der Waals surface area contributed by atoms with E-state index in [1.54, 1.807) is 11.0 Å². The van der Waals surface area contributed by atoms with Crippen molar-refractivity contribution in [2.45, 2.75) is 32.2 Å². The van der Waals surface area contributed by atoms with E-state index in [0.717, 1.165) is 61.9 Å². The van der Waals surface area contributed by atoms with Crippen LogP contribution in [0.25, 0.3) is 0 Å². The minimum atomic E-state index is 0.454. The zero-order valence-corrected chi connectivity index (χ0v) is 21.2. The lowest BCUT2D eigenvalue weighted by molar-refractivity contribution is -0.107. The number of halogens is 2. The first-order valence-corrected chi connectivity index (χ1v) is 12.7. The highest BCUT2D eigenvalue weighted by Crippen LogP contribution is 2.24. The van der Waals surface area contributed by atoms with E-state index >= 15 is 0 Å². The van der Waals surface area contributed by atoms with Crippen molar-refractivity contribution in [3.05, 3.63) is 70.1 Å². The van der Waals surface area contributed by atoms with Gasteiger partial charge in [0, 0.05) is 72.9 Å². The highest BCUT2D eigenvalue weighted by molar-refractivity contribution is 6.35.